The molecule has 4 rings (SSSR count). The molecule has 1 aromatic carbocycles. The molecule has 0 saturated carbocycles. The van der Waals surface area contributed by atoms with Gasteiger partial charge in [-0.25, -0.2) is 4.98 Å². The number of benzene rings is 1. The summed E-state index contributed by atoms with van der Waals surface area (Å²) in [6, 6.07) is 2.89. The second kappa shape index (κ2) is 4.54. The van der Waals surface area contributed by atoms with E-state index in [1.807, 2.05) is 13.8 Å². The van der Waals surface area contributed by atoms with Crippen molar-refractivity contribution in [3.63, 3.8) is 0 Å². The van der Waals surface area contributed by atoms with Crippen LogP contribution in [0.5, 0.6) is 0 Å². The van der Waals surface area contributed by atoms with Crippen molar-refractivity contribution >= 4 is 28.7 Å². The van der Waals surface area contributed by atoms with E-state index in [1.165, 1.54) is 4.57 Å². The zero-order valence-corrected chi connectivity index (χ0v) is 12.9. The summed E-state index contributed by atoms with van der Waals surface area (Å²) >= 11 is 0. The summed E-state index contributed by atoms with van der Waals surface area (Å²) < 4.78 is 1.25. The number of rotatable bonds is 1. The molecule has 24 heavy (non-hydrogen) atoms. The number of aromatic nitrogens is 3. The Morgan fingerprint density at radius 3 is 2.58 bits per heavy atom. The molecule has 0 spiro atoms. The number of pyridine rings is 1. The van der Waals surface area contributed by atoms with Crippen LogP contribution in [0.15, 0.2) is 23.3 Å². The summed E-state index contributed by atoms with van der Waals surface area (Å²) in [6.07, 6.45) is 1.57. The standard InChI is InChI=1S/C16H13N5O3/c1-6-7(2)13-9(18-5-19-13)4-10(6)21-11(22)3-8-12(14(21)17)16(24)20-15(8)23/h3-5H,17H2,1-2H3,(H,18,19)(H,20,23,24). The molecule has 1 aliphatic rings. The Bertz CT molecular complexity index is 1120. The smallest absolute Gasteiger partial charge is 0.262 e. The van der Waals surface area contributed by atoms with Gasteiger partial charge in [-0.2, -0.15) is 0 Å². The Hall–Kier alpha value is -3.42. The van der Waals surface area contributed by atoms with E-state index in [-0.39, 0.29) is 16.9 Å². The third-order valence-corrected chi connectivity index (χ3v) is 4.45. The Labute approximate surface area is 135 Å². The molecule has 0 unspecified atom stereocenters. The Morgan fingerprint density at radius 1 is 1.08 bits per heavy atom. The Morgan fingerprint density at radius 2 is 1.83 bits per heavy atom. The van der Waals surface area contributed by atoms with E-state index in [0.717, 1.165) is 28.2 Å². The van der Waals surface area contributed by atoms with Crippen molar-refractivity contribution in [2.24, 2.45) is 0 Å². The van der Waals surface area contributed by atoms with Crippen LogP contribution < -0.4 is 16.6 Å². The number of carbonyl (C=O) groups is 2. The molecule has 8 nitrogen and oxygen atoms in total. The van der Waals surface area contributed by atoms with Gasteiger partial charge >= 0.3 is 0 Å². The van der Waals surface area contributed by atoms with Crippen molar-refractivity contribution in [2.45, 2.75) is 13.8 Å². The quantitative estimate of drug-likeness (QED) is 0.572. The third-order valence-electron chi connectivity index (χ3n) is 4.45. The summed E-state index contributed by atoms with van der Waals surface area (Å²) in [4.78, 5) is 43.5. The SMILES string of the molecule is Cc1c(-n2c(N)c3c(cc2=O)C(=O)NC3=O)cc2[nH]cnc2c1C. The van der Waals surface area contributed by atoms with E-state index in [9.17, 15) is 14.4 Å². The number of carbonyl (C=O) groups excluding carboxylic acids is 2. The molecule has 0 radical (unpaired) electrons. The van der Waals surface area contributed by atoms with E-state index >= 15 is 0 Å². The molecular weight excluding hydrogens is 310 g/mol. The van der Waals surface area contributed by atoms with Crippen LogP contribution in [0.4, 0.5) is 5.82 Å². The second-order valence-corrected chi connectivity index (χ2v) is 5.72. The lowest BCUT2D eigenvalue weighted by atomic mass is 10.0. The van der Waals surface area contributed by atoms with Crippen LogP contribution >= 0.6 is 0 Å². The summed E-state index contributed by atoms with van der Waals surface area (Å²) in [5.74, 6) is -1.26. The number of H-pyrrole nitrogens is 1. The molecule has 1 aliphatic heterocycles. The molecule has 0 aliphatic carbocycles. The molecule has 120 valence electrons. The second-order valence-electron chi connectivity index (χ2n) is 5.72. The highest BCUT2D eigenvalue weighted by Gasteiger charge is 2.32. The molecule has 0 saturated heterocycles. The van der Waals surface area contributed by atoms with Gasteiger partial charge in [0.05, 0.1) is 34.2 Å². The van der Waals surface area contributed by atoms with Crippen LogP contribution in [0, 0.1) is 13.8 Å². The van der Waals surface area contributed by atoms with Crippen LogP contribution in [0.1, 0.15) is 31.8 Å². The van der Waals surface area contributed by atoms with Gasteiger partial charge in [-0.05, 0) is 31.0 Å². The van der Waals surface area contributed by atoms with Gasteiger partial charge in [0.15, 0.2) is 0 Å². The summed E-state index contributed by atoms with van der Waals surface area (Å²) in [5.41, 5.74) is 9.46. The topological polar surface area (TPSA) is 123 Å². The van der Waals surface area contributed by atoms with Crippen molar-refractivity contribution in [2.75, 3.05) is 5.73 Å². The maximum absolute atomic E-state index is 12.6. The molecule has 0 fully saturated rings. The van der Waals surface area contributed by atoms with Crippen molar-refractivity contribution in [1.29, 1.82) is 0 Å². The Balaban J connectivity index is 2.11. The lowest BCUT2D eigenvalue weighted by molar-refractivity contribution is 0.0880. The molecule has 0 atom stereocenters. The zero-order valence-electron chi connectivity index (χ0n) is 12.9. The first-order chi connectivity index (χ1) is 11.4. The van der Waals surface area contributed by atoms with Gasteiger partial charge in [0.25, 0.3) is 17.4 Å². The van der Waals surface area contributed by atoms with E-state index in [0.29, 0.717) is 5.69 Å². The van der Waals surface area contributed by atoms with Crippen LogP contribution in [0.2, 0.25) is 0 Å². The maximum atomic E-state index is 12.6. The average Bonchev–Trinajstić information content (AvgIpc) is 3.09. The van der Waals surface area contributed by atoms with Crippen molar-refractivity contribution in [1.82, 2.24) is 19.9 Å². The first-order valence-corrected chi connectivity index (χ1v) is 7.25. The maximum Gasteiger partial charge on any atom is 0.262 e. The van der Waals surface area contributed by atoms with Gasteiger partial charge in [-0.15, -0.1) is 0 Å². The minimum absolute atomic E-state index is 0.00995. The Kier molecular flexibility index (Phi) is 2.69. The number of hydrogen-bond acceptors (Lipinski definition) is 5. The first kappa shape index (κ1) is 14.2. The van der Waals surface area contributed by atoms with E-state index in [2.05, 4.69) is 15.3 Å². The number of nitrogens with zero attached hydrogens (tertiary/aromatic N) is 2. The van der Waals surface area contributed by atoms with Crippen molar-refractivity contribution in [3.8, 4) is 5.69 Å². The largest absolute Gasteiger partial charge is 0.384 e. The number of nitrogens with one attached hydrogen (secondary N) is 2. The number of anilines is 1. The molecule has 2 amide bonds. The molecule has 3 heterocycles. The number of aromatic amines is 1. The average molecular weight is 323 g/mol. The number of aryl methyl sites for hydroxylation is 1. The van der Waals surface area contributed by atoms with Crippen LogP contribution in [0.3, 0.4) is 0 Å². The fourth-order valence-corrected chi connectivity index (χ4v) is 3.09. The predicted octanol–water partition coefficient (Wildman–Crippen LogP) is 0.796. The predicted molar refractivity (Wildman–Crippen MR) is 87.4 cm³/mol. The van der Waals surface area contributed by atoms with Gasteiger partial charge < -0.3 is 10.7 Å². The molecule has 3 aromatic rings. The number of hydrogen-bond donors (Lipinski definition) is 3. The number of nitrogens with two attached hydrogens (primary N) is 1. The van der Waals surface area contributed by atoms with Gasteiger partial charge in [0.2, 0.25) is 0 Å². The summed E-state index contributed by atoms with van der Waals surface area (Å²) in [7, 11) is 0. The van der Waals surface area contributed by atoms with E-state index in [4.69, 9.17) is 5.73 Å². The minimum atomic E-state index is -0.608. The lowest BCUT2D eigenvalue weighted by Gasteiger charge is -2.16. The zero-order chi connectivity index (χ0) is 17.2. The minimum Gasteiger partial charge on any atom is -0.384 e. The third kappa shape index (κ3) is 1.67. The molecular formula is C16H13N5O3. The first-order valence-electron chi connectivity index (χ1n) is 7.25. The number of amides is 2. The highest BCUT2D eigenvalue weighted by molar-refractivity contribution is 6.23. The summed E-state index contributed by atoms with van der Waals surface area (Å²) in [6.45, 7) is 3.75. The molecule has 4 N–H and O–H groups in total. The number of nitrogen functional groups attached to an aromatic ring is 1. The monoisotopic (exact) mass is 323 g/mol. The molecule has 8 heteroatoms. The van der Waals surface area contributed by atoms with Crippen LogP contribution in [-0.2, 0) is 0 Å². The lowest BCUT2D eigenvalue weighted by Crippen LogP contribution is -2.24. The number of imidazole rings is 1. The van der Waals surface area contributed by atoms with Gasteiger partial charge in [0, 0.05) is 6.07 Å². The van der Waals surface area contributed by atoms with E-state index in [1.54, 1.807) is 12.4 Å². The van der Waals surface area contributed by atoms with Crippen LogP contribution in [-0.4, -0.2) is 26.3 Å². The number of imide groups is 1. The van der Waals surface area contributed by atoms with E-state index < -0.39 is 17.4 Å². The highest BCUT2D eigenvalue weighted by Crippen LogP contribution is 2.28. The van der Waals surface area contributed by atoms with Gasteiger partial charge in [0.1, 0.15) is 5.82 Å². The fourth-order valence-electron chi connectivity index (χ4n) is 3.09. The van der Waals surface area contributed by atoms with Crippen LogP contribution in [0.25, 0.3) is 16.7 Å². The highest BCUT2D eigenvalue weighted by atomic mass is 16.2. The molecule has 0 bridgehead atoms. The molecule has 2 aromatic heterocycles. The fraction of sp³-hybridized carbons (Fsp3) is 0.125. The van der Waals surface area contributed by atoms with Gasteiger partial charge in [-0.3, -0.25) is 24.3 Å². The summed E-state index contributed by atoms with van der Waals surface area (Å²) in [5, 5.41) is 2.15. The van der Waals surface area contributed by atoms with Crippen molar-refractivity contribution < 1.29 is 9.59 Å². The van der Waals surface area contributed by atoms with Gasteiger partial charge in [-0.1, -0.05) is 0 Å². The normalized spacial score (nSPS) is 13.4. The number of fused-ring (bicyclic) bond motifs is 2. The van der Waals surface area contributed by atoms with Crippen molar-refractivity contribution in [3.05, 3.63) is 51.1 Å².